The van der Waals surface area contributed by atoms with Crippen LogP contribution in [-0.4, -0.2) is 28.9 Å². The van der Waals surface area contributed by atoms with Gasteiger partial charge in [0.15, 0.2) is 0 Å². The summed E-state index contributed by atoms with van der Waals surface area (Å²) in [6, 6.07) is 5.33. The van der Waals surface area contributed by atoms with Crippen LogP contribution in [0.4, 0.5) is 5.69 Å². The predicted molar refractivity (Wildman–Crippen MR) is 66.5 cm³/mol. The molecule has 0 atom stereocenters. The Hall–Kier alpha value is -1.89. The average Bonchev–Trinajstić information content (AvgIpc) is 2.38. The molecule has 0 saturated heterocycles. The van der Waals surface area contributed by atoms with Gasteiger partial charge >= 0.3 is 5.97 Å². The molecule has 0 bridgehead atoms. The number of benzene rings is 1. The van der Waals surface area contributed by atoms with Crippen molar-refractivity contribution in [2.75, 3.05) is 12.9 Å². The number of hydrogen-bond acceptors (Lipinski definition) is 6. The van der Waals surface area contributed by atoms with E-state index in [0.29, 0.717) is 11.3 Å². The van der Waals surface area contributed by atoms with E-state index in [1.165, 1.54) is 31.4 Å². The lowest BCUT2D eigenvalue weighted by atomic mass is 10.2. The number of thioether (sulfide) groups is 1. The van der Waals surface area contributed by atoms with Gasteiger partial charge in [-0.2, -0.15) is 0 Å². The molecule has 0 heterocycles. The Bertz CT molecular complexity index is 457. The highest BCUT2D eigenvalue weighted by molar-refractivity contribution is 8.14. The molecule has 0 unspecified atom stereocenters. The van der Waals surface area contributed by atoms with Crippen molar-refractivity contribution in [2.45, 2.75) is 6.42 Å². The Kier molecular flexibility index (Phi) is 5.31. The van der Waals surface area contributed by atoms with Gasteiger partial charge in [-0.25, -0.2) is 0 Å². The molecule has 1 rings (SSSR count). The van der Waals surface area contributed by atoms with Gasteiger partial charge in [-0.1, -0.05) is 11.8 Å². The lowest BCUT2D eigenvalue weighted by molar-refractivity contribution is -0.384. The van der Waals surface area contributed by atoms with E-state index >= 15 is 0 Å². The Labute approximate surface area is 107 Å². The summed E-state index contributed by atoms with van der Waals surface area (Å²) in [6.07, 6.45) is 0.153. The normalized spacial score (nSPS) is 9.83. The minimum atomic E-state index is -0.529. The van der Waals surface area contributed by atoms with Crippen molar-refractivity contribution in [3.05, 3.63) is 39.9 Å². The molecule has 0 radical (unpaired) electrons. The maximum absolute atomic E-state index is 11.6. The number of ether oxygens (including phenoxy) is 1. The number of rotatable bonds is 5. The molecule has 96 valence electrons. The molecule has 18 heavy (non-hydrogen) atoms. The highest BCUT2D eigenvalue weighted by atomic mass is 32.2. The van der Waals surface area contributed by atoms with Gasteiger partial charge in [-0.05, 0) is 12.1 Å². The van der Waals surface area contributed by atoms with Gasteiger partial charge in [0.1, 0.15) is 0 Å². The molecule has 0 aromatic heterocycles. The monoisotopic (exact) mass is 269 g/mol. The lowest BCUT2D eigenvalue weighted by Crippen LogP contribution is -2.03. The third-order valence-corrected chi connectivity index (χ3v) is 2.99. The average molecular weight is 269 g/mol. The van der Waals surface area contributed by atoms with Crippen LogP contribution in [-0.2, 0) is 9.53 Å². The molecule has 0 aliphatic heterocycles. The molecule has 0 fully saturated rings. The predicted octanol–water partition coefficient (Wildman–Crippen LogP) is 2.03. The quantitative estimate of drug-likeness (QED) is 0.462. The van der Waals surface area contributed by atoms with Crippen molar-refractivity contribution in [2.24, 2.45) is 0 Å². The maximum atomic E-state index is 11.6. The highest BCUT2D eigenvalue weighted by Crippen LogP contribution is 2.17. The Balaban J connectivity index is 2.51. The Morgan fingerprint density at radius 2 is 1.94 bits per heavy atom. The number of hydrogen-bond donors (Lipinski definition) is 0. The van der Waals surface area contributed by atoms with Crippen LogP contribution in [0.1, 0.15) is 16.8 Å². The number of carbonyl (C=O) groups is 2. The fourth-order valence-electron chi connectivity index (χ4n) is 1.13. The van der Waals surface area contributed by atoms with Crippen LogP contribution in [0, 0.1) is 10.1 Å². The molecule has 0 saturated carbocycles. The molecule has 1 aromatic rings. The maximum Gasteiger partial charge on any atom is 0.306 e. The smallest absolute Gasteiger partial charge is 0.306 e. The van der Waals surface area contributed by atoms with Crippen molar-refractivity contribution >= 4 is 28.5 Å². The lowest BCUT2D eigenvalue weighted by Gasteiger charge is -2.00. The van der Waals surface area contributed by atoms with Crippen LogP contribution in [0.5, 0.6) is 0 Å². The molecular formula is C11H11NO5S. The van der Waals surface area contributed by atoms with Crippen LogP contribution in [0.15, 0.2) is 24.3 Å². The van der Waals surface area contributed by atoms with E-state index in [-0.39, 0.29) is 23.2 Å². The SMILES string of the molecule is COC(=O)CCSC(=O)c1ccc([N+](=O)[O-])cc1. The van der Waals surface area contributed by atoms with E-state index in [2.05, 4.69) is 4.74 Å². The zero-order chi connectivity index (χ0) is 13.5. The minimum Gasteiger partial charge on any atom is -0.469 e. The summed E-state index contributed by atoms with van der Waals surface area (Å²) in [5.41, 5.74) is 0.307. The molecule has 0 spiro atoms. The fourth-order valence-corrected chi connectivity index (χ4v) is 1.89. The standard InChI is InChI=1S/C11H11NO5S/c1-17-10(13)6-7-18-11(14)8-2-4-9(5-3-8)12(15)16/h2-5H,6-7H2,1H3. The van der Waals surface area contributed by atoms with Crippen molar-refractivity contribution in [1.29, 1.82) is 0 Å². The van der Waals surface area contributed by atoms with Gasteiger partial charge in [0.05, 0.1) is 18.5 Å². The second kappa shape index (κ2) is 6.75. The van der Waals surface area contributed by atoms with E-state index in [1.54, 1.807) is 0 Å². The number of esters is 1. The topological polar surface area (TPSA) is 86.5 Å². The third-order valence-electron chi connectivity index (χ3n) is 2.08. The molecule has 6 nitrogen and oxygen atoms in total. The number of nitro benzene ring substituents is 1. The molecule has 0 aliphatic carbocycles. The second-order valence-electron chi connectivity index (χ2n) is 3.27. The van der Waals surface area contributed by atoms with E-state index in [9.17, 15) is 19.7 Å². The van der Waals surface area contributed by atoms with Gasteiger partial charge in [0, 0.05) is 23.4 Å². The summed E-state index contributed by atoms with van der Waals surface area (Å²) in [7, 11) is 1.28. The Morgan fingerprint density at radius 3 is 2.44 bits per heavy atom. The summed E-state index contributed by atoms with van der Waals surface area (Å²) in [4.78, 5) is 32.4. The molecule has 1 aromatic carbocycles. The van der Waals surface area contributed by atoms with Crippen molar-refractivity contribution in [1.82, 2.24) is 0 Å². The number of carbonyl (C=O) groups excluding carboxylic acids is 2. The van der Waals surface area contributed by atoms with Crippen LogP contribution >= 0.6 is 11.8 Å². The first kappa shape index (κ1) is 14.2. The van der Waals surface area contributed by atoms with Gasteiger partial charge < -0.3 is 4.74 Å². The Morgan fingerprint density at radius 1 is 1.33 bits per heavy atom. The highest BCUT2D eigenvalue weighted by Gasteiger charge is 2.10. The number of non-ortho nitro benzene ring substituents is 1. The number of nitro groups is 1. The number of nitrogens with zero attached hydrogens (tertiary/aromatic N) is 1. The van der Waals surface area contributed by atoms with Crippen molar-refractivity contribution in [3.63, 3.8) is 0 Å². The van der Waals surface area contributed by atoms with E-state index in [1.807, 2.05) is 0 Å². The van der Waals surface area contributed by atoms with Crippen LogP contribution in [0.25, 0.3) is 0 Å². The zero-order valence-electron chi connectivity index (χ0n) is 9.62. The summed E-state index contributed by atoms with van der Waals surface area (Å²) in [6.45, 7) is 0. The van der Waals surface area contributed by atoms with Crippen molar-refractivity contribution < 1.29 is 19.2 Å². The first-order chi connectivity index (χ1) is 8.54. The van der Waals surface area contributed by atoms with Crippen LogP contribution in [0.2, 0.25) is 0 Å². The largest absolute Gasteiger partial charge is 0.469 e. The summed E-state index contributed by atoms with van der Waals surface area (Å²) in [5.74, 6) is -0.0540. The van der Waals surface area contributed by atoms with Crippen molar-refractivity contribution in [3.8, 4) is 0 Å². The van der Waals surface area contributed by atoms with E-state index in [0.717, 1.165) is 11.8 Å². The van der Waals surface area contributed by atoms with E-state index in [4.69, 9.17) is 0 Å². The van der Waals surface area contributed by atoms with Crippen LogP contribution in [0.3, 0.4) is 0 Å². The second-order valence-corrected chi connectivity index (χ2v) is 4.33. The van der Waals surface area contributed by atoms with Gasteiger partial charge in [0.25, 0.3) is 5.69 Å². The number of methoxy groups -OCH3 is 1. The van der Waals surface area contributed by atoms with Gasteiger partial charge in [-0.15, -0.1) is 0 Å². The summed E-state index contributed by atoms with van der Waals surface area (Å²) >= 11 is 0.978. The first-order valence-corrected chi connectivity index (χ1v) is 6.01. The molecular weight excluding hydrogens is 258 g/mol. The summed E-state index contributed by atoms with van der Waals surface area (Å²) < 4.78 is 4.44. The van der Waals surface area contributed by atoms with E-state index < -0.39 is 4.92 Å². The first-order valence-electron chi connectivity index (χ1n) is 5.03. The van der Waals surface area contributed by atoms with Gasteiger partial charge in [-0.3, -0.25) is 19.7 Å². The third kappa shape index (κ3) is 4.17. The fraction of sp³-hybridized carbons (Fsp3) is 0.273. The molecule has 0 amide bonds. The molecule has 0 N–H and O–H groups in total. The summed E-state index contributed by atoms with van der Waals surface area (Å²) in [5, 5.41) is 10.2. The van der Waals surface area contributed by atoms with Crippen LogP contribution < -0.4 is 0 Å². The minimum absolute atomic E-state index is 0.0638. The zero-order valence-corrected chi connectivity index (χ0v) is 10.4. The molecule has 7 heteroatoms. The molecule has 0 aliphatic rings. The van der Waals surface area contributed by atoms with Gasteiger partial charge in [0.2, 0.25) is 5.12 Å².